The number of carbonyl (C=O) groups excluding carboxylic acids is 1. The second-order valence-electron chi connectivity index (χ2n) is 3.16. The first-order valence-corrected chi connectivity index (χ1v) is 5.76. The van der Waals surface area contributed by atoms with Gasteiger partial charge in [-0.3, -0.25) is 4.79 Å². The van der Waals surface area contributed by atoms with Gasteiger partial charge >= 0.3 is 0 Å². The Bertz CT molecular complexity index is 519. The lowest BCUT2D eigenvalue weighted by atomic mass is 10.5. The average Bonchev–Trinajstić information content (AvgIpc) is 2.94. The van der Waals surface area contributed by atoms with E-state index >= 15 is 0 Å². The van der Waals surface area contributed by atoms with Crippen molar-refractivity contribution in [3.05, 3.63) is 17.2 Å². The molecule has 3 N–H and O–H groups in total. The number of nitrogens with zero attached hydrogens (tertiary/aromatic N) is 5. The molecule has 0 aromatic carbocycles. The van der Waals surface area contributed by atoms with E-state index in [-0.39, 0.29) is 16.0 Å². The molecule has 0 saturated heterocycles. The van der Waals surface area contributed by atoms with E-state index in [0.717, 1.165) is 17.9 Å². The molecular formula is C8H11N7OS. The van der Waals surface area contributed by atoms with Crippen molar-refractivity contribution in [2.24, 2.45) is 0 Å². The fraction of sp³-hybridized carbons (Fsp3) is 0.375. The summed E-state index contributed by atoms with van der Waals surface area (Å²) < 4.78 is 1.84. The average molecular weight is 253 g/mol. The second-order valence-corrected chi connectivity index (χ2v) is 4.17. The molecule has 17 heavy (non-hydrogen) atoms. The van der Waals surface area contributed by atoms with Gasteiger partial charge in [-0.15, -0.1) is 20.4 Å². The first kappa shape index (κ1) is 11.5. The fourth-order valence-corrected chi connectivity index (χ4v) is 1.77. The van der Waals surface area contributed by atoms with Crippen molar-refractivity contribution in [2.45, 2.75) is 20.0 Å². The van der Waals surface area contributed by atoms with E-state index in [1.54, 1.807) is 6.33 Å². The maximum atomic E-state index is 11.6. The number of nitrogens with one attached hydrogen (secondary N) is 1. The predicted molar refractivity (Wildman–Crippen MR) is 61.2 cm³/mol. The number of aryl methyl sites for hydroxylation is 1. The van der Waals surface area contributed by atoms with Gasteiger partial charge < -0.3 is 15.6 Å². The van der Waals surface area contributed by atoms with Gasteiger partial charge in [0.1, 0.15) is 6.33 Å². The number of hydrogen-bond acceptors (Lipinski definition) is 7. The van der Waals surface area contributed by atoms with Crippen LogP contribution in [0.3, 0.4) is 0 Å². The van der Waals surface area contributed by atoms with Crippen molar-refractivity contribution in [2.75, 3.05) is 5.73 Å². The maximum absolute atomic E-state index is 11.6. The lowest BCUT2D eigenvalue weighted by Gasteiger charge is -2.03. The van der Waals surface area contributed by atoms with Crippen LogP contribution >= 0.6 is 11.3 Å². The number of anilines is 1. The van der Waals surface area contributed by atoms with Crippen LogP contribution in [0.15, 0.2) is 6.33 Å². The van der Waals surface area contributed by atoms with Crippen molar-refractivity contribution in [1.29, 1.82) is 0 Å². The molecule has 2 aromatic heterocycles. The third kappa shape index (κ3) is 2.56. The summed E-state index contributed by atoms with van der Waals surface area (Å²) in [7, 11) is 0. The van der Waals surface area contributed by atoms with E-state index in [1.165, 1.54) is 0 Å². The topological polar surface area (TPSA) is 112 Å². The van der Waals surface area contributed by atoms with E-state index in [4.69, 9.17) is 5.73 Å². The van der Waals surface area contributed by atoms with Gasteiger partial charge in [0, 0.05) is 6.54 Å². The molecule has 0 unspecified atom stereocenters. The van der Waals surface area contributed by atoms with Gasteiger partial charge in [0.2, 0.25) is 10.1 Å². The Morgan fingerprint density at radius 2 is 2.35 bits per heavy atom. The maximum Gasteiger partial charge on any atom is 0.282 e. The minimum absolute atomic E-state index is 0.241. The highest BCUT2D eigenvalue weighted by atomic mass is 32.1. The summed E-state index contributed by atoms with van der Waals surface area (Å²) in [5.41, 5.74) is 5.39. The van der Waals surface area contributed by atoms with Gasteiger partial charge in [-0.1, -0.05) is 11.3 Å². The normalized spacial score (nSPS) is 10.4. The number of hydrogen-bond donors (Lipinski definition) is 2. The molecular weight excluding hydrogens is 242 g/mol. The third-order valence-corrected chi connectivity index (χ3v) is 2.83. The summed E-state index contributed by atoms with van der Waals surface area (Å²) in [6.45, 7) is 3.02. The molecule has 2 rings (SSSR count). The lowest BCUT2D eigenvalue weighted by molar-refractivity contribution is 0.0948. The van der Waals surface area contributed by atoms with Crippen LogP contribution in [0.5, 0.6) is 0 Å². The molecule has 0 spiro atoms. The fourth-order valence-electron chi connectivity index (χ4n) is 1.24. The number of nitrogen functional groups attached to an aromatic ring is 1. The first-order chi connectivity index (χ1) is 8.20. The number of carbonyl (C=O) groups is 1. The summed E-state index contributed by atoms with van der Waals surface area (Å²) in [6, 6.07) is 0. The Kier molecular flexibility index (Phi) is 3.28. The minimum Gasteiger partial charge on any atom is -0.374 e. The highest BCUT2D eigenvalue weighted by molar-refractivity contribution is 7.16. The lowest BCUT2D eigenvalue weighted by Crippen LogP contribution is -2.24. The van der Waals surface area contributed by atoms with Crippen molar-refractivity contribution >= 4 is 22.4 Å². The molecule has 9 heteroatoms. The van der Waals surface area contributed by atoms with Crippen LogP contribution in [0.2, 0.25) is 0 Å². The predicted octanol–water partition coefficient (Wildman–Crippen LogP) is -0.338. The van der Waals surface area contributed by atoms with Gasteiger partial charge in [-0.25, -0.2) is 0 Å². The molecule has 0 atom stereocenters. The molecule has 0 aliphatic rings. The molecule has 1 amide bonds. The number of aromatic nitrogens is 5. The van der Waals surface area contributed by atoms with Gasteiger partial charge in [0.05, 0.1) is 6.54 Å². The van der Waals surface area contributed by atoms with Gasteiger partial charge in [-0.2, -0.15) is 0 Å². The smallest absolute Gasteiger partial charge is 0.282 e. The molecule has 0 bridgehead atoms. The van der Waals surface area contributed by atoms with Crippen LogP contribution in [0.4, 0.5) is 5.13 Å². The van der Waals surface area contributed by atoms with Gasteiger partial charge in [0.25, 0.3) is 5.91 Å². The zero-order chi connectivity index (χ0) is 12.3. The largest absolute Gasteiger partial charge is 0.374 e. The van der Waals surface area contributed by atoms with Crippen LogP contribution in [-0.4, -0.2) is 30.9 Å². The Hall–Kier alpha value is -2.03. The summed E-state index contributed by atoms with van der Waals surface area (Å²) in [5, 5.41) is 18.1. The number of amides is 1. The quantitative estimate of drug-likeness (QED) is 0.771. The number of nitrogens with two attached hydrogens (primary N) is 1. The summed E-state index contributed by atoms with van der Waals surface area (Å²) in [4.78, 5) is 11.6. The zero-order valence-electron chi connectivity index (χ0n) is 9.12. The van der Waals surface area contributed by atoms with E-state index in [2.05, 4.69) is 25.7 Å². The Balaban J connectivity index is 1.97. The van der Waals surface area contributed by atoms with Crippen molar-refractivity contribution in [3.63, 3.8) is 0 Å². The summed E-state index contributed by atoms with van der Waals surface area (Å²) >= 11 is 1.04. The van der Waals surface area contributed by atoms with E-state index in [1.807, 2.05) is 11.5 Å². The van der Waals surface area contributed by atoms with Gasteiger partial charge in [-0.05, 0) is 6.92 Å². The minimum atomic E-state index is -0.315. The monoisotopic (exact) mass is 253 g/mol. The molecule has 90 valence electrons. The molecule has 0 aliphatic heterocycles. The van der Waals surface area contributed by atoms with Crippen molar-refractivity contribution < 1.29 is 4.79 Å². The van der Waals surface area contributed by atoms with Crippen molar-refractivity contribution in [3.8, 4) is 0 Å². The third-order valence-electron chi connectivity index (χ3n) is 2.08. The highest BCUT2D eigenvalue weighted by Crippen LogP contribution is 2.10. The molecule has 8 nitrogen and oxygen atoms in total. The van der Waals surface area contributed by atoms with E-state index in [0.29, 0.717) is 12.4 Å². The SMILES string of the molecule is CCn1cnnc1CNC(=O)c1nnc(N)s1. The standard InChI is InChI=1S/C8H11N7OS/c1-2-15-4-11-12-5(15)3-10-6(16)7-13-14-8(9)17-7/h4H,2-3H2,1H3,(H2,9,14)(H,10,16). The Labute approximate surface area is 101 Å². The second kappa shape index (κ2) is 4.87. The van der Waals surface area contributed by atoms with Gasteiger partial charge in [0.15, 0.2) is 5.82 Å². The Morgan fingerprint density at radius 3 is 3.00 bits per heavy atom. The van der Waals surface area contributed by atoms with Crippen molar-refractivity contribution in [1.82, 2.24) is 30.3 Å². The van der Waals surface area contributed by atoms with E-state index in [9.17, 15) is 4.79 Å². The molecule has 2 aromatic rings. The highest BCUT2D eigenvalue weighted by Gasteiger charge is 2.12. The molecule has 0 saturated carbocycles. The molecule has 0 radical (unpaired) electrons. The van der Waals surface area contributed by atoms with Crippen LogP contribution < -0.4 is 11.1 Å². The van der Waals surface area contributed by atoms with Crippen LogP contribution in [0, 0.1) is 0 Å². The first-order valence-electron chi connectivity index (χ1n) is 4.94. The molecule has 2 heterocycles. The van der Waals surface area contributed by atoms with Crippen LogP contribution in [0.1, 0.15) is 22.6 Å². The van der Waals surface area contributed by atoms with Crippen LogP contribution in [-0.2, 0) is 13.1 Å². The van der Waals surface area contributed by atoms with E-state index < -0.39 is 0 Å². The zero-order valence-corrected chi connectivity index (χ0v) is 9.94. The molecule has 0 aliphatic carbocycles. The number of rotatable bonds is 4. The Morgan fingerprint density at radius 1 is 1.53 bits per heavy atom. The summed E-state index contributed by atoms with van der Waals surface area (Å²) in [6.07, 6.45) is 1.62. The van der Waals surface area contributed by atoms with Crippen LogP contribution in [0.25, 0.3) is 0 Å². The molecule has 0 fully saturated rings. The summed E-state index contributed by atoms with van der Waals surface area (Å²) in [5.74, 6) is 0.378.